The lowest BCUT2D eigenvalue weighted by Gasteiger charge is -2.08. The van der Waals surface area contributed by atoms with Gasteiger partial charge in [-0.05, 0) is 48.7 Å². The number of aryl methyl sites for hydroxylation is 1. The molecule has 0 spiro atoms. The molecule has 1 N–H and O–H groups in total. The van der Waals surface area contributed by atoms with Gasteiger partial charge < -0.3 is 14.2 Å². The number of carbonyl (C=O) groups excluding carboxylic acids is 2. The molecule has 0 aliphatic rings. The summed E-state index contributed by atoms with van der Waals surface area (Å²) in [5.41, 5.74) is 4.12. The third-order valence-corrected chi connectivity index (χ3v) is 3.98. The second-order valence-corrected chi connectivity index (χ2v) is 6.33. The molecule has 0 aromatic heterocycles. The molecule has 1 amide bonds. The Balaban J connectivity index is 1.88. The van der Waals surface area contributed by atoms with Gasteiger partial charge in [0.25, 0.3) is 5.91 Å². The van der Waals surface area contributed by atoms with Crippen LogP contribution in [0.25, 0.3) is 0 Å². The molecule has 7 nitrogen and oxygen atoms in total. The molecule has 0 fully saturated rings. The summed E-state index contributed by atoms with van der Waals surface area (Å²) in [4.78, 5) is 23.2. The fourth-order valence-corrected chi connectivity index (χ4v) is 2.49. The second kappa shape index (κ2) is 11.5. The summed E-state index contributed by atoms with van der Waals surface area (Å²) in [6, 6.07) is 12.6. The molecule has 0 bridgehead atoms. The Hall–Kier alpha value is -3.35. The van der Waals surface area contributed by atoms with E-state index in [-0.39, 0.29) is 6.61 Å². The number of unbranched alkanes of at least 4 members (excludes halogenated alkanes) is 1. The van der Waals surface area contributed by atoms with Crippen LogP contribution >= 0.6 is 0 Å². The van der Waals surface area contributed by atoms with Crippen molar-refractivity contribution in [2.45, 2.75) is 33.1 Å². The van der Waals surface area contributed by atoms with Gasteiger partial charge in [0, 0.05) is 12.5 Å². The van der Waals surface area contributed by atoms with Crippen LogP contribution in [-0.4, -0.2) is 31.8 Å². The van der Waals surface area contributed by atoms with Gasteiger partial charge in [0.15, 0.2) is 6.61 Å². The normalized spacial score (nSPS) is 10.6. The van der Waals surface area contributed by atoms with Crippen molar-refractivity contribution in [1.82, 2.24) is 5.43 Å². The smallest absolute Gasteiger partial charge is 0.308 e. The number of hydrogen-bond donors (Lipinski definition) is 1. The summed E-state index contributed by atoms with van der Waals surface area (Å²) in [5, 5.41) is 3.89. The number of nitrogens with zero attached hydrogens (tertiary/aromatic N) is 1. The first-order chi connectivity index (χ1) is 14.0. The van der Waals surface area contributed by atoms with E-state index in [1.807, 2.05) is 24.3 Å². The molecule has 2 aromatic rings. The van der Waals surface area contributed by atoms with Gasteiger partial charge in [-0.3, -0.25) is 9.59 Å². The van der Waals surface area contributed by atoms with Crippen LogP contribution in [0, 0.1) is 0 Å². The Bertz CT molecular complexity index is 847. The van der Waals surface area contributed by atoms with Crippen molar-refractivity contribution in [1.29, 1.82) is 0 Å². The number of hydrogen-bond acceptors (Lipinski definition) is 6. The van der Waals surface area contributed by atoms with Crippen LogP contribution in [0.5, 0.6) is 17.2 Å². The standard InChI is InChI=1S/C22H26N2O5/c1-4-5-6-17-7-9-19(10-8-17)28-15-22(26)24-23-14-18-13-20(27-3)11-12-21(18)29-16(2)25/h7-14H,4-6,15H2,1-3H3,(H,24,26)/b23-14+. The topological polar surface area (TPSA) is 86.2 Å². The molecular weight excluding hydrogens is 372 g/mol. The Labute approximate surface area is 170 Å². The maximum Gasteiger partial charge on any atom is 0.308 e. The molecule has 0 aliphatic carbocycles. The SMILES string of the molecule is CCCCc1ccc(OCC(=O)N/N=C/c2cc(OC)ccc2OC(C)=O)cc1. The van der Waals surface area contributed by atoms with Crippen LogP contribution in [0.3, 0.4) is 0 Å². The Morgan fingerprint density at radius 3 is 2.48 bits per heavy atom. The number of benzene rings is 2. The number of amides is 1. The molecule has 0 radical (unpaired) electrons. The summed E-state index contributed by atoms with van der Waals surface area (Å²) < 4.78 is 15.7. The highest BCUT2D eigenvalue weighted by atomic mass is 16.5. The fourth-order valence-electron chi connectivity index (χ4n) is 2.49. The highest BCUT2D eigenvalue weighted by Crippen LogP contribution is 2.23. The number of rotatable bonds is 10. The minimum Gasteiger partial charge on any atom is -0.497 e. The third-order valence-electron chi connectivity index (χ3n) is 3.98. The summed E-state index contributed by atoms with van der Waals surface area (Å²) in [7, 11) is 1.53. The monoisotopic (exact) mass is 398 g/mol. The van der Waals surface area contributed by atoms with Gasteiger partial charge >= 0.3 is 5.97 Å². The van der Waals surface area contributed by atoms with Crippen LogP contribution in [0.15, 0.2) is 47.6 Å². The van der Waals surface area contributed by atoms with E-state index in [9.17, 15) is 9.59 Å². The van der Waals surface area contributed by atoms with Gasteiger partial charge in [-0.1, -0.05) is 25.5 Å². The van der Waals surface area contributed by atoms with E-state index in [0.29, 0.717) is 22.8 Å². The molecule has 0 atom stereocenters. The van der Waals surface area contributed by atoms with Gasteiger partial charge in [-0.25, -0.2) is 5.43 Å². The van der Waals surface area contributed by atoms with E-state index in [4.69, 9.17) is 14.2 Å². The molecule has 0 aliphatic heterocycles. The van der Waals surface area contributed by atoms with Gasteiger partial charge in [0.2, 0.25) is 0 Å². The van der Waals surface area contributed by atoms with Crippen LogP contribution in [0.1, 0.15) is 37.8 Å². The first-order valence-electron chi connectivity index (χ1n) is 9.42. The first-order valence-corrected chi connectivity index (χ1v) is 9.42. The zero-order valence-electron chi connectivity index (χ0n) is 16.9. The minimum absolute atomic E-state index is 0.166. The van der Waals surface area contributed by atoms with Gasteiger partial charge in [0.1, 0.15) is 17.2 Å². The molecule has 2 aromatic carbocycles. The average Bonchev–Trinajstić information content (AvgIpc) is 2.72. The summed E-state index contributed by atoms with van der Waals surface area (Å²) in [5.74, 6) is 0.639. The third kappa shape index (κ3) is 7.65. The van der Waals surface area contributed by atoms with Crippen LogP contribution < -0.4 is 19.6 Å². The molecular formula is C22H26N2O5. The van der Waals surface area contributed by atoms with Crippen molar-refractivity contribution in [3.05, 3.63) is 53.6 Å². The summed E-state index contributed by atoms with van der Waals surface area (Å²) in [6.07, 6.45) is 4.71. The van der Waals surface area contributed by atoms with Crippen molar-refractivity contribution >= 4 is 18.1 Å². The number of nitrogens with one attached hydrogen (secondary N) is 1. The number of esters is 1. The van der Waals surface area contributed by atoms with Crippen molar-refractivity contribution in [2.24, 2.45) is 5.10 Å². The van der Waals surface area contributed by atoms with E-state index < -0.39 is 11.9 Å². The molecule has 29 heavy (non-hydrogen) atoms. The van der Waals surface area contributed by atoms with E-state index in [1.165, 1.54) is 25.8 Å². The Kier molecular flexibility index (Phi) is 8.69. The molecule has 7 heteroatoms. The summed E-state index contributed by atoms with van der Waals surface area (Å²) in [6.45, 7) is 3.30. The predicted octanol–water partition coefficient (Wildman–Crippen LogP) is 3.49. The Morgan fingerprint density at radius 2 is 1.83 bits per heavy atom. The lowest BCUT2D eigenvalue weighted by molar-refractivity contribution is -0.132. The number of ether oxygens (including phenoxy) is 3. The molecule has 0 unspecified atom stereocenters. The van der Waals surface area contributed by atoms with Gasteiger partial charge in [-0.15, -0.1) is 0 Å². The van der Waals surface area contributed by atoms with E-state index in [1.54, 1.807) is 18.2 Å². The number of methoxy groups -OCH3 is 1. The maximum atomic E-state index is 11.9. The van der Waals surface area contributed by atoms with Crippen LogP contribution in [0.4, 0.5) is 0 Å². The van der Waals surface area contributed by atoms with Crippen molar-refractivity contribution < 1.29 is 23.8 Å². The molecule has 0 saturated carbocycles. The molecule has 0 saturated heterocycles. The van der Waals surface area contributed by atoms with Crippen LogP contribution in [-0.2, 0) is 16.0 Å². The molecule has 154 valence electrons. The maximum absolute atomic E-state index is 11.9. The zero-order chi connectivity index (χ0) is 21.1. The predicted molar refractivity (Wildman–Crippen MR) is 111 cm³/mol. The number of hydrazone groups is 1. The lowest BCUT2D eigenvalue weighted by Crippen LogP contribution is -2.24. The molecule has 2 rings (SSSR count). The average molecular weight is 398 g/mol. The van der Waals surface area contributed by atoms with E-state index in [0.717, 1.165) is 19.3 Å². The zero-order valence-corrected chi connectivity index (χ0v) is 16.9. The van der Waals surface area contributed by atoms with E-state index in [2.05, 4.69) is 17.5 Å². The quantitative estimate of drug-likeness (QED) is 0.287. The van der Waals surface area contributed by atoms with E-state index >= 15 is 0 Å². The fraction of sp³-hybridized carbons (Fsp3) is 0.318. The van der Waals surface area contributed by atoms with Crippen LogP contribution in [0.2, 0.25) is 0 Å². The van der Waals surface area contributed by atoms with Gasteiger partial charge in [0.05, 0.1) is 13.3 Å². The largest absolute Gasteiger partial charge is 0.497 e. The lowest BCUT2D eigenvalue weighted by atomic mass is 10.1. The highest BCUT2D eigenvalue weighted by molar-refractivity contribution is 5.87. The van der Waals surface area contributed by atoms with Crippen molar-refractivity contribution in [3.8, 4) is 17.2 Å². The second-order valence-electron chi connectivity index (χ2n) is 6.33. The Morgan fingerprint density at radius 1 is 1.10 bits per heavy atom. The van der Waals surface area contributed by atoms with Crippen molar-refractivity contribution in [3.63, 3.8) is 0 Å². The highest BCUT2D eigenvalue weighted by Gasteiger charge is 2.07. The molecule has 0 heterocycles. The summed E-state index contributed by atoms with van der Waals surface area (Å²) >= 11 is 0. The van der Waals surface area contributed by atoms with Gasteiger partial charge in [-0.2, -0.15) is 5.10 Å². The minimum atomic E-state index is -0.456. The number of carbonyl (C=O) groups is 2. The van der Waals surface area contributed by atoms with Crippen molar-refractivity contribution in [2.75, 3.05) is 13.7 Å². The first kappa shape index (κ1) is 21.9.